The minimum Gasteiger partial charge on any atom is -0.282 e. The Bertz CT molecular complexity index is 432. The van der Waals surface area contributed by atoms with Gasteiger partial charge in [0.15, 0.2) is 0 Å². The van der Waals surface area contributed by atoms with E-state index in [0.717, 1.165) is 11.1 Å². The number of aryl methyl sites for hydroxylation is 1. The molecule has 0 aliphatic rings. The molecule has 0 aromatic heterocycles. The van der Waals surface area contributed by atoms with Crippen LogP contribution in [-0.2, 0) is 10.1 Å². The Balaban J connectivity index is 3.34. The number of rotatable bonds is 2. The highest BCUT2D eigenvalue weighted by atomic mass is 32.2. The topological polar surface area (TPSA) is 54.4 Å². The van der Waals surface area contributed by atoms with Crippen LogP contribution >= 0.6 is 0 Å². The zero-order valence-corrected chi connectivity index (χ0v) is 8.00. The Morgan fingerprint density at radius 3 is 2.46 bits per heavy atom. The summed E-state index contributed by atoms with van der Waals surface area (Å²) in [6, 6.07) is 4.36. The van der Waals surface area contributed by atoms with Gasteiger partial charge in [0, 0.05) is 0 Å². The predicted octanol–water partition coefficient (Wildman–Crippen LogP) is 1.88. The van der Waals surface area contributed by atoms with Gasteiger partial charge in [0.25, 0.3) is 10.1 Å². The Morgan fingerprint density at radius 1 is 1.46 bits per heavy atom. The maximum atomic E-state index is 10.7. The molecule has 0 spiro atoms. The van der Waals surface area contributed by atoms with Crippen LogP contribution in [-0.4, -0.2) is 13.0 Å². The molecule has 0 saturated carbocycles. The van der Waals surface area contributed by atoms with Gasteiger partial charge in [-0.2, -0.15) is 8.42 Å². The van der Waals surface area contributed by atoms with Crippen molar-refractivity contribution in [1.29, 1.82) is 0 Å². The summed E-state index contributed by atoms with van der Waals surface area (Å²) in [6.07, 6.45) is 1.63. The van der Waals surface area contributed by atoms with Crippen molar-refractivity contribution >= 4 is 16.2 Å². The summed E-state index contributed by atoms with van der Waals surface area (Å²) in [7, 11) is -4.08. The highest BCUT2D eigenvalue weighted by Gasteiger charge is 2.09. The SMILES string of the molecule is C=Cc1ccc(S(=O)(=O)O)cc1C. The third-order valence-electron chi connectivity index (χ3n) is 1.76. The monoisotopic (exact) mass is 198 g/mol. The van der Waals surface area contributed by atoms with E-state index in [1.54, 1.807) is 19.1 Å². The number of benzene rings is 1. The summed E-state index contributed by atoms with van der Waals surface area (Å²) in [6.45, 7) is 5.33. The Labute approximate surface area is 77.5 Å². The molecule has 0 amide bonds. The van der Waals surface area contributed by atoms with Gasteiger partial charge in [-0.15, -0.1) is 0 Å². The largest absolute Gasteiger partial charge is 0.294 e. The summed E-state index contributed by atoms with van der Waals surface area (Å²) in [4.78, 5) is -0.0874. The van der Waals surface area contributed by atoms with E-state index in [1.807, 2.05) is 0 Å². The van der Waals surface area contributed by atoms with Gasteiger partial charge in [-0.25, -0.2) is 0 Å². The predicted molar refractivity (Wildman–Crippen MR) is 51.1 cm³/mol. The molecule has 0 atom stereocenters. The summed E-state index contributed by atoms with van der Waals surface area (Å²) in [5.41, 5.74) is 1.62. The van der Waals surface area contributed by atoms with Gasteiger partial charge in [-0.3, -0.25) is 4.55 Å². The van der Waals surface area contributed by atoms with Crippen LogP contribution in [0.2, 0.25) is 0 Å². The highest BCUT2D eigenvalue weighted by Crippen LogP contribution is 2.15. The van der Waals surface area contributed by atoms with Gasteiger partial charge in [0.1, 0.15) is 0 Å². The number of hydrogen-bond acceptors (Lipinski definition) is 2. The second kappa shape index (κ2) is 3.32. The fourth-order valence-electron chi connectivity index (χ4n) is 1.04. The zero-order valence-electron chi connectivity index (χ0n) is 7.19. The number of hydrogen-bond donors (Lipinski definition) is 1. The molecule has 0 bridgehead atoms. The van der Waals surface area contributed by atoms with Crippen LogP contribution in [0.1, 0.15) is 11.1 Å². The molecule has 1 rings (SSSR count). The summed E-state index contributed by atoms with van der Waals surface area (Å²) >= 11 is 0. The molecule has 3 nitrogen and oxygen atoms in total. The smallest absolute Gasteiger partial charge is 0.282 e. The van der Waals surface area contributed by atoms with Crippen LogP contribution in [0.3, 0.4) is 0 Å². The lowest BCUT2D eigenvalue weighted by atomic mass is 10.1. The average Bonchev–Trinajstić information content (AvgIpc) is 2.02. The molecule has 1 N–H and O–H groups in total. The first-order valence-corrected chi connectivity index (χ1v) is 5.10. The van der Waals surface area contributed by atoms with Crippen LogP contribution in [0.4, 0.5) is 0 Å². The van der Waals surface area contributed by atoms with Gasteiger partial charge >= 0.3 is 0 Å². The van der Waals surface area contributed by atoms with Crippen molar-refractivity contribution in [2.45, 2.75) is 11.8 Å². The van der Waals surface area contributed by atoms with Gasteiger partial charge in [0.05, 0.1) is 4.90 Å². The molecule has 13 heavy (non-hydrogen) atoms. The summed E-state index contributed by atoms with van der Waals surface area (Å²) < 4.78 is 30.2. The van der Waals surface area contributed by atoms with Crippen molar-refractivity contribution < 1.29 is 13.0 Å². The molecule has 0 aliphatic heterocycles. The highest BCUT2D eigenvalue weighted by molar-refractivity contribution is 7.85. The minimum atomic E-state index is -4.08. The first-order valence-electron chi connectivity index (χ1n) is 3.65. The molecule has 0 radical (unpaired) electrons. The molecule has 0 heterocycles. The fraction of sp³-hybridized carbons (Fsp3) is 0.111. The molecule has 0 fully saturated rings. The first-order chi connectivity index (χ1) is 5.95. The van der Waals surface area contributed by atoms with Crippen LogP contribution in [0.5, 0.6) is 0 Å². The molecule has 0 unspecified atom stereocenters. The van der Waals surface area contributed by atoms with E-state index in [2.05, 4.69) is 6.58 Å². The maximum Gasteiger partial charge on any atom is 0.294 e. The van der Waals surface area contributed by atoms with Crippen molar-refractivity contribution in [2.24, 2.45) is 0 Å². The van der Waals surface area contributed by atoms with E-state index in [-0.39, 0.29) is 4.90 Å². The molecular weight excluding hydrogens is 188 g/mol. The lowest BCUT2D eigenvalue weighted by Crippen LogP contribution is -1.98. The average molecular weight is 198 g/mol. The standard InChI is InChI=1S/C9H10O3S/c1-3-8-4-5-9(6-7(8)2)13(10,11)12/h3-6H,1H2,2H3,(H,10,11,12). The molecule has 1 aromatic carbocycles. The lowest BCUT2D eigenvalue weighted by molar-refractivity contribution is 0.483. The van der Waals surface area contributed by atoms with Crippen molar-refractivity contribution in [2.75, 3.05) is 0 Å². The molecular formula is C9H10O3S. The van der Waals surface area contributed by atoms with Crippen LogP contribution < -0.4 is 0 Å². The van der Waals surface area contributed by atoms with E-state index in [9.17, 15) is 8.42 Å². The van der Waals surface area contributed by atoms with Crippen LogP contribution in [0.25, 0.3) is 6.08 Å². The van der Waals surface area contributed by atoms with Crippen molar-refractivity contribution in [3.05, 3.63) is 35.9 Å². The van der Waals surface area contributed by atoms with Crippen LogP contribution in [0.15, 0.2) is 29.7 Å². The van der Waals surface area contributed by atoms with Gasteiger partial charge < -0.3 is 0 Å². The fourth-order valence-corrected chi connectivity index (χ4v) is 1.60. The van der Waals surface area contributed by atoms with E-state index >= 15 is 0 Å². The third-order valence-corrected chi connectivity index (χ3v) is 2.61. The molecule has 0 aliphatic carbocycles. The quantitative estimate of drug-likeness (QED) is 0.738. The maximum absolute atomic E-state index is 10.7. The van der Waals surface area contributed by atoms with Gasteiger partial charge in [-0.05, 0) is 30.2 Å². The zero-order chi connectivity index (χ0) is 10.1. The van der Waals surface area contributed by atoms with E-state index in [1.165, 1.54) is 12.1 Å². The first kappa shape index (κ1) is 9.95. The normalized spacial score (nSPS) is 11.2. The van der Waals surface area contributed by atoms with Crippen molar-refractivity contribution in [3.8, 4) is 0 Å². The summed E-state index contributed by atoms with van der Waals surface area (Å²) in [5.74, 6) is 0. The van der Waals surface area contributed by atoms with E-state index < -0.39 is 10.1 Å². The second-order valence-corrected chi connectivity index (χ2v) is 4.12. The Morgan fingerprint density at radius 2 is 2.08 bits per heavy atom. The third kappa shape index (κ3) is 2.17. The van der Waals surface area contributed by atoms with Gasteiger partial charge in [-0.1, -0.05) is 18.7 Å². The lowest BCUT2D eigenvalue weighted by Gasteiger charge is -2.02. The van der Waals surface area contributed by atoms with Gasteiger partial charge in [0.2, 0.25) is 0 Å². The van der Waals surface area contributed by atoms with E-state index in [4.69, 9.17) is 4.55 Å². The van der Waals surface area contributed by atoms with Crippen molar-refractivity contribution in [1.82, 2.24) is 0 Å². The minimum absolute atomic E-state index is 0.0874. The summed E-state index contributed by atoms with van der Waals surface area (Å²) in [5, 5.41) is 0. The Kier molecular flexibility index (Phi) is 2.54. The Hall–Kier alpha value is -1.13. The molecule has 70 valence electrons. The van der Waals surface area contributed by atoms with Crippen molar-refractivity contribution in [3.63, 3.8) is 0 Å². The van der Waals surface area contributed by atoms with E-state index in [0.29, 0.717) is 0 Å². The van der Waals surface area contributed by atoms with Crippen LogP contribution in [0, 0.1) is 6.92 Å². The second-order valence-electron chi connectivity index (χ2n) is 2.70. The molecule has 0 saturated heterocycles. The molecule has 1 aromatic rings. The molecule has 4 heteroatoms.